The molecule has 1 rings (SSSR count). The van der Waals surface area contributed by atoms with Gasteiger partial charge in [-0.2, -0.15) is 0 Å². The Kier molecular flexibility index (Phi) is 4.65. The summed E-state index contributed by atoms with van der Waals surface area (Å²) in [6.07, 6.45) is 3.62. The molecule has 0 fully saturated rings. The molecule has 2 heteroatoms. The highest BCUT2D eigenvalue weighted by Gasteiger charge is 2.04. The number of halogens is 1. The van der Waals surface area contributed by atoms with Crippen LogP contribution in [0.15, 0.2) is 30.3 Å². The molecule has 0 heterocycles. The second-order valence-electron chi connectivity index (χ2n) is 2.77. The van der Waals surface area contributed by atoms with Crippen LogP contribution in [0.1, 0.15) is 19.8 Å². The fraction of sp³-hybridized carbons (Fsp3) is 0.400. The van der Waals surface area contributed by atoms with Crippen LogP contribution in [0.25, 0.3) is 0 Å². The molecule has 12 heavy (non-hydrogen) atoms. The smallest absolute Gasteiger partial charge is 0.0212 e. The van der Waals surface area contributed by atoms with Crippen molar-refractivity contribution in [3.05, 3.63) is 30.3 Å². The average molecular weight is 201 g/mol. The molecule has 66 valence electrons. The Labute approximate surface area is 80.5 Å². The van der Waals surface area contributed by atoms with Crippen LogP contribution >= 0.6 is 18.5 Å². The summed E-state index contributed by atoms with van der Waals surface area (Å²) in [4.78, 5) is 0. The van der Waals surface area contributed by atoms with Crippen molar-refractivity contribution < 1.29 is 0 Å². The van der Waals surface area contributed by atoms with E-state index >= 15 is 0 Å². The van der Waals surface area contributed by atoms with Crippen molar-refractivity contribution in [1.29, 1.82) is 0 Å². The van der Waals surface area contributed by atoms with E-state index in [2.05, 4.69) is 31.2 Å². The van der Waals surface area contributed by atoms with E-state index in [0.29, 0.717) is 0 Å². The molecule has 0 saturated carbocycles. The second-order valence-corrected chi connectivity index (χ2v) is 5.69. The first-order valence-electron chi connectivity index (χ1n) is 4.33. The SMILES string of the molecule is CCCCP(Cl)c1ccccc1. The van der Waals surface area contributed by atoms with Gasteiger partial charge in [-0.25, -0.2) is 0 Å². The van der Waals surface area contributed by atoms with Gasteiger partial charge in [0.15, 0.2) is 0 Å². The van der Waals surface area contributed by atoms with Crippen molar-refractivity contribution >= 4 is 23.8 Å². The molecule has 1 aromatic rings. The average Bonchev–Trinajstić information content (AvgIpc) is 2.15. The van der Waals surface area contributed by atoms with Gasteiger partial charge in [0.25, 0.3) is 0 Å². The van der Waals surface area contributed by atoms with Crippen molar-refractivity contribution in [1.82, 2.24) is 0 Å². The van der Waals surface area contributed by atoms with Gasteiger partial charge in [0.05, 0.1) is 0 Å². The maximum atomic E-state index is 6.25. The maximum Gasteiger partial charge on any atom is 0.0212 e. The van der Waals surface area contributed by atoms with E-state index in [1.165, 1.54) is 18.1 Å². The van der Waals surface area contributed by atoms with Gasteiger partial charge in [-0.3, -0.25) is 0 Å². The van der Waals surface area contributed by atoms with Gasteiger partial charge in [-0.05, 0) is 17.9 Å². The molecule has 0 aliphatic rings. The minimum Gasteiger partial charge on any atom is -0.0912 e. The van der Waals surface area contributed by atoms with E-state index < -0.39 is 7.27 Å². The lowest BCUT2D eigenvalue weighted by atomic mass is 10.4. The zero-order valence-electron chi connectivity index (χ0n) is 7.33. The number of unbranched alkanes of at least 4 members (excludes halogenated alkanes) is 1. The lowest BCUT2D eigenvalue weighted by molar-refractivity contribution is 0.894. The highest BCUT2D eigenvalue weighted by atomic mass is 35.7. The van der Waals surface area contributed by atoms with E-state index in [4.69, 9.17) is 11.2 Å². The van der Waals surface area contributed by atoms with Crippen molar-refractivity contribution in [3.63, 3.8) is 0 Å². The summed E-state index contributed by atoms with van der Waals surface area (Å²) in [6, 6.07) is 10.4. The first-order valence-corrected chi connectivity index (χ1v) is 6.76. The molecule has 0 nitrogen and oxygen atoms in total. The highest BCUT2D eigenvalue weighted by Crippen LogP contribution is 2.40. The van der Waals surface area contributed by atoms with E-state index in [-0.39, 0.29) is 0 Å². The minimum absolute atomic E-state index is 0.409. The zero-order valence-corrected chi connectivity index (χ0v) is 8.98. The molecule has 0 N–H and O–H groups in total. The van der Waals surface area contributed by atoms with Crippen molar-refractivity contribution in [2.45, 2.75) is 19.8 Å². The summed E-state index contributed by atoms with van der Waals surface area (Å²) in [6.45, 7) is 2.20. The molecular weight excluding hydrogens is 187 g/mol. The molecule has 0 amide bonds. The summed E-state index contributed by atoms with van der Waals surface area (Å²) < 4.78 is 0. The van der Waals surface area contributed by atoms with Crippen LogP contribution in [0.5, 0.6) is 0 Å². The first kappa shape index (κ1) is 10.0. The first-order chi connectivity index (χ1) is 5.84. The maximum absolute atomic E-state index is 6.25. The second kappa shape index (κ2) is 5.56. The Morgan fingerprint density at radius 3 is 2.50 bits per heavy atom. The number of hydrogen-bond acceptors (Lipinski definition) is 0. The molecule has 1 aromatic carbocycles. The standard InChI is InChI=1S/C10H14ClP/c1-2-3-9-12(11)10-7-5-4-6-8-10/h4-8H,2-3,9H2,1H3. The molecule has 1 atom stereocenters. The molecule has 0 radical (unpaired) electrons. The van der Waals surface area contributed by atoms with E-state index in [0.717, 1.165) is 6.16 Å². The van der Waals surface area contributed by atoms with Crippen LogP contribution in [0.2, 0.25) is 0 Å². The Balaban J connectivity index is 2.48. The van der Waals surface area contributed by atoms with Gasteiger partial charge in [-0.1, -0.05) is 54.9 Å². The molecular formula is C10H14ClP. The van der Waals surface area contributed by atoms with Crippen molar-refractivity contribution in [3.8, 4) is 0 Å². The van der Waals surface area contributed by atoms with E-state index in [1.807, 2.05) is 6.07 Å². The third-order valence-electron chi connectivity index (χ3n) is 1.74. The normalized spacial score (nSPS) is 12.8. The van der Waals surface area contributed by atoms with Gasteiger partial charge in [-0.15, -0.1) is 0 Å². The van der Waals surface area contributed by atoms with E-state index in [1.54, 1.807) is 0 Å². The predicted octanol–water partition coefficient (Wildman–Crippen LogP) is 3.75. The molecule has 1 unspecified atom stereocenters. The predicted molar refractivity (Wildman–Crippen MR) is 58.6 cm³/mol. The summed E-state index contributed by atoms with van der Waals surface area (Å²) in [5, 5.41) is 1.31. The number of hydrogen-bond donors (Lipinski definition) is 0. The minimum atomic E-state index is -0.409. The molecule has 0 aliphatic carbocycles. The quantitative estimate of drug-likeness (QED) is 0.650. The number of benzene rings is 1. The van der Waals surface area contributed by atoms with Crippen LogP contribution in [-0.4, -0.2) is 6.16 Å². The summed E-state index contributed by atoms with van der Waals surface area (Å²) >= 11 is 6.25. The Morgan fingerprint density at radius 1 is 1.25 bits per heavy atom. The molecule has 0 bridgehead atoms. The van der Waals surface area contributed by atoms with Crippen LogP contribution in [0.3, 0.4) is 0 Å². The Bertz CT molecular complexity index is 210. The lowest BCUT2D eigenvalue weighted by Gasteiger charge is -2.07. The highest BCUT2D eigenvalue weighted by molar-refractivity contribution is 7.89. The number of rotatable bonds is 4. The summed E-state index contributed by atoms with van der Waals surface area (Å²) in [7, 11) is -0.409. The third-order valence-corrected chi connectivity index (χ3v) is 4.40. The van der Waals surface area contributed by atoms with Gasteiger partial charge < -0.3 is 0 Å². The molecule has 0 saturated heterocycles. The van der Waals surface area contributed by atoms with Crippen LogP contribution in [0.4, 0.5) is 0 Å². The summed E-state index contributed by atoms with van der Waals surface area (Å²) in [5.74, 6) is 0. The van der Waals surface area contributed by atoms with Crippen LogP contribution in [0, 0.1) is 0 Å². The monoisotopic (exact) mass is 200 g/mol. The third kappa shape index (κ3) is 3.13. The van der Waals surface area contributed by atoms with E-state index in [9.17, 15) is 0 Å². The van der Waals surface area contributed by atoms with Crippen molar-refractivity contribution in [2.24, 2.45) is 0 Å². The van der Waals surface area contributed by atoms with Gasteiger partial charge >= 0.3 is 0 Å². The molecule has 0 spiro atoms. The van der Waals surface area contributed by atoms with Gasteiger partial charge in [0.2, 0.25) is 0 Å². The van der Waals surface area contributed by atoms with Crippen molar-refractivity contribution in [2.75, 3.05) is 6.16 Å². The Hall–Kier alpha value is -0.0600. The zero-order chi connectivity index (χ0) is 8.81. The van der Waals surface area contributed by atoms with Gasteiger partial charge in [0.1, 0.15) is 0 Å². The Morgan fingerprint density at radius 2 is 1.92 bits per heavy atom. The fourth-order valence-electron chi connectivity index (χ4n) is 1.02. The van der Waals surface area contributed by atoms with Gasteiger partial charge in [0, 0.05) is 7.27 Å². The largest absolute Gasteiger partial charge is 0.0912 e. The van der Waals surface area contributed by atoms with Crippen LogP contribution in [-0.2, 0) is 0 Å². The topological polar surface area (TPSA) is 0 Å². The lowest BCUT2D eigenvalue weighted by Crippen LogP contribution is -1.97. The van der Waals surface area contributed by atoms with Crippen LogP contribution < -0.4 is 5.30 Å². The molecule has 0 aliphatic heterocycles. The fourth-order valence-corrected chi connectivity index (χ4v) is 3.06. The molecule has 0 aromatic heterocycles. The summed E-state index contributed by atoms with van der Waals surface area (Å²) in [5.41, 5.74) is 0.